The Balaban J connectivity index is 2.48. The second kappa shape index (κ2) is 4.14. The minimum absolute atomic E-state index is 0.265. The van der Waals surface area contributed by atoms with Crippen molar-refractivity contribution in [3.8, 4) is 5.69 Å². The Kier molecular flexibility index (Phi) is 2.68. The van der Waals surface area contributed by atoms with Crippen molar-refractivity contribution in [1.82, 2.24) is 9.78 Å². The molecule has 1 heterocycles. The number of halogens is 1. The zero-order chi connectivity index (χ0) is 11.5. The van der Waals surface area contributed by atoms with Gasteiger partial charge in [-0.1, -0.05) is 0 Å². The molecule has 0 aliphatic heterocycles. The molecule has 5 heteroatoms. The summed E-state index contributed by atoms with van der Waals surface area (Å²) in [4.78, 5) is 11.7. The van der Waals surface area contributed by atoms with Gasteiger partial charge in [0.25, 0.3) is 5.56 Å². The molecule has 0 atom stereocenters. The maximum absolute atomic E-state index is 12.7. The highest BCUT2D eigenvalue weighted by molar-refractivity contribution is 5.39. The number of hydrogen-bond acceptors (Lipinski definition) is 3. The molecular formula is C11H10FN3O. The van der Waals surface area contributed by atoms with E-state index in [2.05, 4.69) is 10.4 Å². The molecule has 0 unspecified atom stereocenters. The molecule has 0 fully saturated rings. The average Bonchev–Trinajstić information content (AvgIpc) is 2.30. The van der Waals surface area contributed by atoms with E-state index in [1.165, 1.54) is 41.2 Å². The SMILES string of the molecule is CNc1cnn(-c2ccc(F)cc2)c(=O)c1. The van der Waals surface area contributed by atoms with Gasteiger partial charge >= 0.3 is 0 Å². The first-order valence-electron chi connectivity index (χ1n) is 4.74. The third-order valence-electron chi connectivity index (χ3n) is 2.16. The first kappa shape index (κ1) is 10.4. The lowest BCUT2D eigenvalue weighted by Crippen LogP contribution is -2.20. The van der Waals surface area contributed by atoms with Gasteiger partial charge in [-0.2, -0.15) is 9.78 Å². The number of nitrogens with zero attached hydrogens (tertiary/aromatic N) is 2. The van der Waals surface area contributed by atoms with Gasteiger partial charge in [0, 0.05) is 13.1 Å². The topological polar surface area (TPSA) is 46.9 Å². The van der Waals surface area contributed by atoms with Crippen LogP contribution in [-0.4, -0.2) is 16.8 Å². The molecule has 2 aromatic rings. The van der Waals surface area contributed by atoms with Crippen LogP contribution < -0.4 is 10.9 Å². The van der Waals surface area contributed by atoms with Gasteiger partial charge in [-0.05, 0) is 24.3 Å². The van der Waals surface area contributed by atoms with Crippen LogP contribution in [0.1, 0.15) is 0 Å². The molecule has 1 aromatic heterocycles. The minimum atomic E-state index is -0.344. The molecule has 0 amide bonds. The average molecular weight is 219 g/mol. The molecule has 0 radical (unpaired) electrons. The molecule has 2 rings (SSSR count). The molecule has 0 saturated heterocycles. The first-order chi connectivity index (χ1) is 7.70. The van der Waals surface area contributed by atoms with Crippen molar-refractivity contribution < 1.29 is 4.39 Å². The number of nitrogens with one attached hydrogen (secondary N) is 1. The summed E-state index contributed by atoms with van der Waals surface area (Å²) in [6.07, 6.45) is 1.53. The summed E-state index contributed by atoms with van der Waals surface area (Å²) in [5.74, 6) is -0.344. The van der Waals surface area contributed by atoms with Gasteiger partial charge in [0.2, 0.25) is 0 Å². The van der Waals surface area contributed by atoms with Crippen LogP contribution in [-0.2, 0) is 0 Å². The summed E-state index contributed by atoms with van der Waals surface area (Å²) in [5, 5.41) is 6.79. The van der Waals surface area contributed by atoms with Crippen molar-refractivity contribution >= 4 is 5.69 Å². The number of benzene rings is 1. The molecule has 4 nitrogen and oxygen atoms in total. The van der Waals surface area contributed by atoms with Crippen molar-refractivity contribution in [1.29, 1.82) is 0 Å². The monoisotopic (exact) mass is 219 g/mol. The first-order valence-corrected chi connectivity index (χ1v) is 4.74. The highest BCUT2D eigenvalue weighted by Gasteiger charge is 2.01. The quantitative estimate of drug-likeness (QED) is 0.830. The molecule has 0 aliphatic rings. The molecule has 0 bridgehead atoms. The minimum Gasteiger partial charge on any atom is -0.387 e. The highest BCUT2D eigenvalue weighted by Crippen LogP contribution is 2.06. The Bertz CT molecular complexity index is 548. The Labute approximate surface area is 91.3 Å². The van der Waals surface area contributed by atoms with E-state index in [1.807, 2.05) is 0 Å². The van der Waals surface area contributed by atoms with Crippen LogP contribution in [0.25, 0.3) is 5.69 Å². The van der Waals surface area contributed by atoms with Crippen molar-refractivity contribution in [3.05, 3.63) is 52.7 Å². The molecule has 0 saturated carbocycles. The van der Waals surface area contributed by atoms with E-state index in [1.54, 1.807) is 7.05 Å². The lowest BCUT2D eigenvalue weighted by atomic mass is 10.3. The van der Waals surface area contributed by atoms with E-state index in [-0.39, 0.29) is 11.4 Å². The summed E-state index contributed by atoms with van der Waals surface area (Å²) in [6.45, 7) is 0. The predicted octanol–water partition coefficient (Wildman–Crippen LogP) is 1.41. The van der Waals surface area contributed by atoms with Gasteiger partial charge in [-0.15, -0.1) is 0 Å². The number of hydrogen-bond donors (Lipinski definition) is 1. The van der Waals surface area contributed by atoms with Gasteiger partial charge in [-0.3, -0.25) is 4.79 Å². The lowest BCUT2D eigenvalue weighted by Gasteiger charge is -2.05. The van der Waals surface area contributed by atoms with Crippen molar-refractivity contribution in [2.75, 3.05) is 12.4 Å². The van der Waals surface area contributed by atoms with Crippen LogP contribution in [0, 0.1) is 5.82 Å². The van der Waals surface area contributed by atoms with Gasteiger partial charge in [0.05, 0.1) is 17.6 Å². The van der Waals surface area contributed by atoms with Crippen LogP contribution in [0.4, 0.5) is 10.1 Å². The van der Waals surface area contributed by atoms with E-state index in [0.29, 0.717) is 11.4 Å². The molecule has 1 aromatic carbocycles. The number of rotatable bonds is 2. The number of anilines is 1. The van der Waals surface area contributed by atoms with Gasteiger partial charge in [-0.25, -0.2) is 4.39 Å². The van der Waals surface area contributed by atoms with Crippen LogP contribution in [0.3, 0.4) is 0 Å². The summed E-state index contributed by atoms with van der Waals surface area (Å²) >= 11 is 0. The summed E-state index contributed by atoms with van der Waals surface area (Å²) in [6, 6.07) is 7.01. The Hall–Kier alpha value is -2.17. The van der Waals surface area contributed by atoms with Crippen LogP contribution in [0.15, 0.2) is 41.3 Å². The standard InChI is InChI=1S/C11H10FN3O/c1-13-9-6-11(16)15(14-7-9)10-4-2-8(12)3-5-10/h2-7,13H,1H3. The fraction of sp³-hybridized carbons (Fsp3) is 0.0909. The van der Waals surface area contributed by atoms with Crippen molar-refractivity contribution in [3.63, 3.8) is 0 Å². The lowest BCUT2D eigenvalue weighted by molar-refractivity contribution is 0.626. The molecule has 16 heavy (non-hydrogen) atoms. The zero-order valence-electron chi connectivity index (χ0n) is 8.64. The van der Waals surface area contributed by atoms with Gasteiger partial charge in [0.1, 0.15) is 5.82 Å². The highest BCUT2D eigenvalue weighted by atomic mass is 19.1. The third-order valence-corrected chi connectivity index (χ3v) is 2.16. The maximum atomic E-state index is 12.7. The zero-order valence-corrected chi connectivity index (χ0v) is 8.64. The van der Waals surface area contributed by atoms with E-state index in [0.717, 1.165) is 0 Å². The van der Waals surface area contributed by atoms with Gasteiger partial charge < -0.3 is 5.32 Å². The van der Waals surface area contributed by atoms with E-state index >= 15 is 0 Å². The maximum Gasteiger partial charge on any atom is 0.273 e. The largest absolute Gasteiger partial charge is 0.387 e. The fourth-order valence-corrected chi connectivity index (χ4v) is 1.32. The third kappa shape index (κ3) is 1.93. The normalized spacial score (nSPS) is 10.1. The number of aromatic nitrogens is 2. The van der Waals surface area contributed by atoms with Crippen LogP contribution in [0.2, 0.25) is 0 Å². The van der Waals surface area contributed by atoms with Crippen LogP contribution >= 0.6 is 0 Å². The molecular weight excluding hydrogens is 209 g/mol. The molecule has 1 N–H and O–H groups in total. The van der Waals surface area contributed by atoms with Crippen molar-refractivity contribution in [2.24, 2.45) is 0 Å². The second-order valence-corrected chi connectivity index (χ2v) is 3.22. The van der Waals surface area contributed by atoms with E-state index < -0.39 is 0 Å². The Morgan fingerprint density at radius 3 is 2.56 bits per heavy atom. The van der Waals surface area contributed by atoms with Crippen molar-refractivity contribution in [2.45, 2.75) is 0 Å². The molecule has 0 aliphatic carbocycles. The summed E-state index contributed by atoms with van der Waals surface area (Å²) < 4.78 is 13.9. The van der Waals surface area contributed by atoms with Crippen LogP contribution in [0.5, 0.6) is 0 Å². The fourth-order valence-electron chi connectivity index (χ4n) is 1.32. The smallest absolute Gasteiger partial charge is 0.273 e. The predicted molar refractivity (Wildman–Crippen MR) is 59.3 cm³/mol. The second-order valence-electron chi connectivity index (χ2n) is 3.22. The van der Waals surface area contributed by atoms with E-state index in [4.69, 9.17) is 0 Å². The van der Waals surface area contributed by atoms with Gasteiger partial charge in [0.15, 0.2) is 0 Å². The Morgan fingerprint density at radius 2 is 2.00 bits per heavy atom. The Morgan fingerprint density at radius 1 is 1.31 bits per heavy atom. The summed E-state index contributed by atoms with van der Waals surface area (Å²) in [5.41, 5.74) is 0.913. The molecule has 0 spiro atoms. The summed E-state index contributed by atoms with van der Waals surface area (Å²) in [7, 11) is 1.71. The van der Waals surface area contributed by atoms with E-state index in [9.17, 15) is 9.18 Å². The molecule has 82 valence electrons.